The minimum absolute atomic E-state index is 0. The van der Waals surface area contributed by atoms with Crippen LogP contribution >= 0.6 is 12.4 Å². The van der Waals surface area contributed by atoms with Gasteiger partial charge in [-0.15, -0.1) is 12.4 Å². The summed E-state index contributed by atoms with van der Waals surface area (Å²) in [5, 5.41) is 9.00. The summed E-state index contributed by atoms with van der Waals surface area (Å²) < 4.78 is 0. The van der Waals surface area contributed by atoms with E-state index >= 15 is 0 Å². The number of hydrogen-bond donors (Lipinski definition) is 3. The van der Waals surface area contributed by atoms with E-state index in [2.05, 4.69) is 16.0 Å². The van der Waals surface area contributed by atoms with E-state index in [9.17, 15) is 14.4 Å². The van der Waals surface area contributed by atoms with Crippen LogP contribution in [0.25, 0.3) is 0 Å². The molecule has 0 aromatic carbocycles. The third-order valence-electron chi connectivity index (χ3n) is 6.11. The number of nitrogens with one attached hydrogen (secondary N) is 3. The highest BCUT2D eigenvalue weighted by atomic mass is 35.5. The zero-order valence-electron chi connectivity index (χ0n) is 17.3. The van der Waals surface area contributed by atoms with Crippen molar-refractivity contribution in [1.82, 2.24) is 25.8 Å². The number of carbonyl (C=O) groups excluding carboxylic acids is 3. The molecule has 1 atom stereocenters. The smallest absolute Gasteiger partial charge is 0.315 e. The van der Waals surface area contributed by atoms with Crippen molar-refractivity contribution < 1.29 is 14.4 Å². The fourth-order valence-electron chi connectivity index (χ4n) is 4.53. The van der Waals surface area contributed by atoms with Gasteiger partial charge in [-0.1, -0.05) is 19.3 Å². The number of hydrogen-bond acceptors (Lipinski definition) is 4. The molecule has 3 rings (SSSR count). The fraction of sp³-hybridized carbons (Fsp3) is 0.850. The first-order chi connectivity index (χ1) is 13.6. The Morgan fingerprint density at radius 2 is 1.86 bits per heavy atom. The van der Waals surface area contributed by atoms with E-state index in [1.54, 1.807) is 0 Å². The van der Waals surface area contributed by atoms with Gasteiger partial charge in [0, 0.05) is 51.2 Å². The van der Waals surface area contributed by atoms with E-state index < -0.39 is 0 Å². The first-order valence-corrected chi connectivity index (χ1v) is 11.0. The van der Waals surface area contributed by atoms with Crippen LogP contribution in [0.3, 0.4) is 0 Å². The monoisotopic (exact) mass is 429 g/mol. The van der Waals surface area contributed by atoms with Gasteiger partial charge < -0.3 is 25.8 Å². The summed E-state index contributed by atoms with van der Waals surface area (Å²) in [6.45, 7) is 3.87. The molecule has 2 heterocycles. The lowest BCUT2D eigenvalue weighted by molar-refractivity contribution is -0.140. The molecule has 0 aromatic rings. The van der Waals surface area contributed by atoms with Crippen LogP contribution in [0.2, 0.25) is 0 Å². The minimum Gasteiger partial charge on any atom is -0.341 e. The average Bonchev–Trinajstić information content (AvgIpc) is 2.72. The van der Waals surface area contributed by atoms with Crippen LogP contribution in [0.5, 0.6) is 0 Å². The maximum atomic E-state index is 12.6. The van der Waals surface area contributed by atoms with Crippen molar-refractivity contribution in [3.63, 3.8) is 0 Å². The lowest BCUT2D eigenvalue weighted by Crippen LogP contribution is -2.57. The second-order valence-electron chi connectivity index (χ2n) is 8.24. The molecule has 0 bridgehead atoms. The number of piperidine rings is 1. The Kier molecular flexibility index (Phi) is 10.0. The molecule has 1 aliphatic carbocycles. The summed E-state index contributed by atoms with van der Waals surface area (Å²) in [6.07, 6.45) is 8.77. The Morgan fingerprint density at radius 1 is 1.07 bits per heavy atom. The minimum atomic E-state index is -0.116. The predicted molar refractivity (Wildman–Crippen MR) is 114 cm³/mol. The SMILES string of the molecule is Cl.O=C(NCCCC(=O)N1CCCC(N2CCNCC2=O)C1)NC1CCCCC1. The molecule has 1 unspecified atom stereocenters. The number of nitrogens with zero attached hydrogens (tertiary/aromatic N) is 2. The highest BCUT2D eigenvalue weighted by Crippen LogP contribution is 2.18. The molecule has 0 spiro atoms. The lowest BCUT2D eigenvalue weighted by atomic mass is 9.96. The number of amides is 4. The van der Waals surface area contributed by atoms with Gasteiger partial charge in [0.2, 0.25) is 11.8 Å². The molecule has 2 aliphatic heterocycles. The number of urea groups is 1. The highest BCUT2D eigenvalue weighted by Gasteiger charge is 2.31. The number of rotatable bonds is 6. The zero-order valence-corrected chi connectivity index (χ0v) is 18.1. The summed E-state index contributed by atoms with van der Waals surface area (Å²) >= 11 is 0. The van der Waals surface area contributed by atoms with Crippen LogP contribution in [0, 0.1) is 0 Å². The molecular formula is C20H36ClN5O3. The van der Waals surface area contributed by atoms with Gasteiger partial charge in [0.15, 0.2) is 0 Å². The van der Waals surface area contributed by atoms with Gasteiger partial charge >= 0.3 is 6.03 Å². The summed E-state index contributed by atoms with van der Waals surface area (Å²) in [7, 11) is 0. The fourth-order valence-corrected chi connectivity index (χ4v) is 4.53. The molecule has 166 valence electrons. The van der Waals surface area contributed by atoms with Crippen molar-refractivity contribution in [3.05, 3.63) is 0 Å². The van der Waals surface area contributed by atoms with E-state index in [0.717, 1.165) is 45.3 Å². The third-order valence-corrected chi connectivity index (χ3v) is 6.11. The van der Waals surface area contributed by atoms with E-state index in [-0.39, 0.29) is 36.3 Å². The summed E-state index contributed by atoms with van der Waals surface area (Å²) in [4.78, 5) is 40.4. The normalized spacial score (nSPS) is 23.3. The second-order valence-corrected chi connectivity index (χ2v) is 8.24. The molecule has 9 heteroatoms. The molecule has 0 radical (unpaired) electrons. The van der Waals surface area contributed by atoms with Gasteiger partial charge in [0.25, 0.3) is 0 Å². The van der Waals surface area contributed by atoms with Gasteiger partial charge in [-0.3, -0.25) is 9.59 Å². The Labute approximate surface area is 179 Å². The Balaban J connectivity index is 0.00000300. The topological polar surface area (TPSA) is 93.8 Å². The number of likely N-dealkylation sites (tertiary alicyclic amines) is 1. The number of halogens is 1. The van der Waals surface area contributed by atoms with Crippen molar-refractivity contribution in [2.75, 3.05) is 39.3 Å². The molecule has 0 aromatic heterocycles. The van der Waals surface area contributed by atoms with Gasteiger partial charge in [0.05, 0.1) is 6.54 Å². The Bertz CT molecular complexity index is 556. The third kappa shape index (κ3) is 7.33. The summed E-state index contributed by atoms with van der Waals surface area (Å²) in [5.41, 5.74) is 0. The van der Waals surface area contributed by atoms with Crippen molar-refractivity contribution in [1.29, 1.82) is 0 Å². The first kappa shape index (κ1) is 23.7. The maximum absolute atomic E-state index is 12.6. The van der Waals surface area contributed by atoms with Crippen LogP contribution in [-0.4, -0.2) is 79.0 Å². The molecule has 3 N–H and O–H groups in total. The first-order valence-electron chi connectivity index (χ1n) is 11.0. The van der Waals surface area contributed by atoms with Crippen molar-refractivity contribution in [3.8, 4) is 0 Å². The van der Waals surface area contributed by atoms with Gasteiger partial charge in [0.1, 0.15) is 0 Å². The molecule has 3 aliphatic rings. The zero-order chi connectivity index (χ0) is 19.8. The largest absolute Gasteiger partial charge is 0.341 e. The standard InChI is InChI=1S/C20H35N5O3.ClH/c26-18(9-4-10-22-20(28)23-16-6-2-1-3-7-16)24-12-5-8-17(15-24)25-13-11-21-14-19(25)27;/h16-17,21H,1-15H2,(H2,22,23,28);1H. The average molecular weight is 430 g/mol. The van der Waals surface area contributed by atoms with E-state index in [1.165, 1.54) is 19.3 Å². The van der Waals surface area contributed by atoms with E-state index in [1.807, 2.05) is 9.80 Å². The number of carbonyl (C=O) groups is 3. The van der Waals surface area contributed by atoms with Crippen LogP contribution in [-0.2, 0) is 9.59 Å². The van der Waals surface area contributed by atoms with Gasteiger partial charge in [-0.25, -0.2) is 4.79 Å². The number of piperazine rings is 1. The van der Waals surface area contributed by atoms with E-state index in [0.29, 0.717) is 38.5 Å². The van der Waals surface area contributed by atoms with E-state index in [4.69, 9.17) is 0 Å². The summed E-state index contributed by atoms with van der Waals surface area (Å²) in [6, 6.07) is 0.328. The summed E-state index contributed by atoms with van der Waals surface area (Å²) in [5.74, 6) is 0.264. The molecular weight excluding hydrogens is 394 g/mol. The van der Waals surface area contributed by atoms with Gasteiger partial charge in [-0.2, -0.15) is 0 Å². The van der Waals surface area contributed by atoms with Crippen molar-refractivity contribution >= 4 is 30.3 Å². The maximum Gasteiger partial charge on any atom is 0.315 e. The molecule has 3 fully saturated rings. The van der Waals surface area contributed by atoms with Crippen LogP contribution in [0.1, 0.15) is 57.8 Å². The molecule has 2 saturated heterocycles. The van der Waals surface area contributed by atoms with Gasteiger partial charge in [-0.05, 0) is 32.1 Å². The predicted octanol–water partition coefficient (Wildman–Crippen LogP) is 1.24. The Hall–Kier alpha value is -1.54. The Morgan fingerprint density at radius 3 is 2.62 bits per heavy atom. The second kappa shape index (κ2) is 12.2. The molecule has 4 amide bonds. The van der Waals surface area contributed by atoms with Crippen LogP contribution in [0.15, 0.2) is 0 Å². The van der Waals surface area contributed by atoms with Crippen LogP contribution in [0.4, 0.5) is 4.79 Å². The van der Waals surface area contributed by atoms with Crippen molar-refractivity contribution in [2.24, 2.45) is 0 Å². The van der Waals surface area contributed by atoms with Crippen molar-refractivity contribution in [2.45, 2.75) is 69.9 Å². The van der Waals surface area contributed by atoms with Crippen LogP contribution < -0.4 is 16.0 Å². The molecule has 1 saturated carbocycles. The molecule has 29 heavy (non-hydrogen) atoms. The quantitative estimate of drug-likeness (QED) is 0.554. The lowest BCUT2D eigenvalue weighted by Gasteiger charge is -2.41. The highest BCUT2D eigenvalue weighted by molar-refractivity contribution is 5.85. The molecule has 8 nitrogen and oxygen atoms in total.